The molecule has 0 amide bonds. The van der Waals surface area contributed by atoms with E-state index in [4.69, 9.17) is 10.00 Å². The quantitative estimate of drug-likeness (QED) is 0.841. The molecule has 0 saturated heterocycles. The lowest BCUT2D eigenvalue weighted by Crippen LogP contribution is -1.94. The van der Waals surface area contributed by atoms with Crippen LogP contribution in [0.5, 0.6) is 5.75 Å². The summed E-state index contributed by atoms with van der Waals surface area (Å²) in [7, 11) is 1.45. The second-order valence-corrected chi connectivity index (χ2v) is 3.97. The molecule has 0 saturated carbocycles. The lowest BCUT2D eigenvalue weighted by molar-refractivity contribution is 0.415. The number of nitriles is 1. The number of rotatable bonds is 3. The molecule has 0 heterocycles. The number of hydrogen-bond donors (Lipinski definition) is 0. The van der Waals surface area contributed by atoms with Crippen molar-refractivity contribution in [2.45, 2.75) is 6.42 Å². The lowest BCUT2D eigenvalue weighted by Gasteiger charge is -2.11. The SMILES string of the molecule is COc1cc(CC#N)ccc1-c1cccc(F)c1F. The Morgan fingerprint density at radius 1 is 1.16 bits per heavy atom. The van der Waals surface area contributed by atoms with Crippen LogP contribution in [0.1, 0.15) is 5.56 Å². The van der Waals surface area contributed by atoms with Gasteiger partial charge in [-0.3, -0.25) is 0 Å². The molecule has 0 aromatic heterocycles. The van der Waals surface area contributed by atoms with Crippen molar-refractivity contribution < 1.29 is 13.5 Å². The molecule has 2 nitrogen and oxygen atoms in total. The first kappa shape index (κ1) is 13.0. The summed E-state index contributed by atoms with van der Waals surface area (Å²) < 4.78 is 32.2. The van der Waals surface area contributed by atoms with E-state index in [-0.39, 0.29) is 12.0 Å². The van der Waals surface area contributed by atoms with Gasteiger partial charge in [-0.15, -0.1) is 0 Å². The van der Waals surface area contributed by atoms with E-state index in [0.29, 0.717) is 11.3 Å². The van der Waals surface area contributed by atoms with Crippen molar-refractivity contribution >= 4 is 0 Å². The van der Waals surface area contributed by atoms with Gasteiger partial charge in [0.15, 0.2) is 11.6 Å². The lowest BCUT2D eigenvalue weighted by atomic mass is 10.0. The minimum absolute atomic E-state index is 0.139. The van der Waals surface area contributed by atoms with Gasteiger partial charge in [0, 0.05) is 11.1 Å². The highest BCUT2D eigenvalue weighted by Crippen LogP contribution is 2.33. The Morgan fingerprint density at radius 2 is 1.95 bits per heavy atom. The third-order valence-corrected chi connectivity index (χ3v) is 2.79. The number of nitrogens with zero attached hydrogens (tertiary/aromatic N) is 1. The Hall–Kier alpha value is -2.41. The van der Waals surface area contributed by atoms with Gasteiger partial charge in [0.2, 0.25) is 0 Å². The molecule has 0 fully saturated rings. The number of hydrogen-bond acceptors (Lipinski definition) is 2. The molecule has 0 unspecified atom stereocenters. The van der Waals surface area contributed by atoms with Gasteiger partial charge in [0.1, 0.15) is 5.75 Å². The summed E-state index contributed by atoms with van der Waals surface area (Å²) in [6, 6.07) is 11.0. The van der Waals surface area contributed by atoms with E-state index in [1.54, 1.807) is 18.2 Å². The number of methoxy groups -OCH3 is 1. The molecule has 96 valence electrons. The minimum Gasteiger partial charge on any atom is -0.496 e. The van der Waals surface area contributed by atoms with Crippen LogP contribution in [0, 0.1) is 23.0 Å². The number of benzene rings is 2. The monoisotopic (exact) mass is 259 g/mol. The summed E-state index contributed by atoms with van der Waals surface area (Å²) in [5.74, 6) is -1.40. The van der Waals surface area contributed by atoms with E-state index in [1.807, 2.05) is 6.07 Å². The van der Waals surface area contributed by atoms with Crippen molar-refractivity contribution in [3.63, 3.8) is 0 Å². The zero-order valence-corrected chi connectivity index (χ0v) is 10.3. The Labute approximate surface area is 109 Å². The van der Waals surface area contributed by atoms with Gasteiger partial charge in [0.25, 0.3) is 0 Å². The molecule has 0 radical (unpaired) electrons. The van der Waals surface area contributed by atoms with Crippen LogP contribution in [0.2, 0.25) is 0 Å². The van der Waals surface area contributed by atoms with Crippen LogP contribution in [0.4, 0.5) is 8.78 Å². The first-order valence-electron chi connectivity index (χ1n) is 5.65. The Kier molecular flexibility index (Phi) is 3.76. The molecule has 0 aliphatic carbocycles. The molecule has 2 rings (SSSR count). The van der Waals surface area contributed by atoms with E-state index >= 15 is 0 Å². The summed E-state index contributed by atoms with van der Waals surface area (Å²) in [5, 5.41) is 8.65. The molecule has 0 atom stereocenters. The molecule has 0 N–H and O–H groups in total. The fourth-order valence-electron chi connectivity index (χ4n) is 1.87. The first-order chi connectivity index (χ1) is 9.17. The van der Waals surface area contributed by atoms with Crippen molar-refractivity contribution in [1.82, 2.24) is 0 Å². The van der Waals surface area contributed by atoms with Gasteiger partial charge in [-0.2, -0.15) is 5.26 Å². The normalized spacial score (nSPS) is 10.0. The van der Waals surface area contributed by atoms with Gasteiger partial charge < -0.3 is 4.74 Å². The van der Waals surface area contributed by atoms with E-state index in [0.717, 1.165) is 11.6 Å². The summed E-state index contributed by atoms with van der Waals surface area (Å²) in [4.78, 5) is 0. The maximum Gasteiger partial charge on any atom is 0.166 e. The summed E-state index contributed by atoms with van der Waals surface area (Å²) >= 11 is 0. The van der Waals surface area contributed by atoms with Crippen molar-refractivity contribution in [2.75, 3.05) is 7.11 Å². The predicted molar refractivity (Wildman–Crippen MR) is 67.7 cm³/mol. The fourth-order valence-corrected chi connectivity index (χ4v) is 1.87. The molecule has 0 aliphatic rings. The number of halogens is 2. The number of ether oxygens (including phenoxy) is 1. The van der Waals surface area contributed by atoms with E-state index < -0.39 is 11.6 Å². The van der Waals surface area contributed by atoms with Crippen LogP contribution < -0.4 is 4.74 Å². The molecular weight excluding hydrogens is 248 g/mol. The molecule has 0 bridgehead atoms. The van der Waals surface area contributed by atoms with Crippen LogP contribution in [-0.4, -0.2) is 7.11 Å². The van der Waals surface area contributed by atoms with Crippen LogP contribution in [0.25, 0.3) is 11.1 Å². The highest BCUT2D eigenvalue weighted by Gasteiger charge is 2.14. The second kappa shape index (κ2) is 5.49. The van der Waals surface area contributed by atoms with E-state index in [9.17, 15) is 8.78 Å². The minimum atomic E-state index is -0.908. The summed E-state index contributed by atoms with van der Waals surface area (Å²) in [6.07, 6.45) is 0.238. The Balaban J connectivity index is 2.56. The molecule has 0 spiro atoms. The zero-order valence-electron chi connectivity index (χ0n) is 10.3. The molecule has 4 heteroatoms. The topological polar surface area (TPSA) is 33.0 Å². The van der Waals surface area contributed by atoms with Crippen molar-refractivity contribution in [3.05, 3.63) is 53.6 Å². The Bertz CT molecular complexity index is 647. The van der Waals surface area contributed by atoms with Crippen molar-refractivity contribution in [2.24, 2.45) is 0 Å². The van der Waals surface area contributed by atoms with Gasteiger partial charge in [-0.1, -0.05) is 24.3 Å². The molecule has 2 aromatic carbocycles. The van der Waals surface area contributed by atoms with Crippen LogP contribution in [0.3, 0.4) is 0 Å². The standard InChI is InChI=1S/C15H11F2NO/c1-19-14-9-10(7-8-18)5-6-11(14)12-3-2-4-13(16)15(12)17/h2-6,9H,7H2,1H3. The third kappa shape index (κ3) is 2.55. The molecule has 19 heavy (non-hydrogen) atoms. The Morgan fingerprint density at radius 3 is 2.63 bits per heavy atom. The van der Waals surface area contributed by atoms with E-state index in [1.165, 1.54) is 19.2 Å². The van der Waals surface area contributed by atoms with Gasteiger partial charge in [-0.05, 0) is 17.7 Å². The maximum atomic E-state index is 13.8. The largest absolute Gasteiger partial charge is 0.496 e. The summed E-state index contributed by atoms with van der Waals surface area (Å²) in [5.41, 5.74) is 1.36. The van der Waals surface area contributed by atoms with E-state index in [2.05, 4.69) is 0 Å². The molecule has 2 aromatic rings. The van der Waals surface area contributed by atoms with Crippen molar-refractivity contribution in [1.29, 1.82) is 5.26 Å². The highest BCUT2D eigenvalue weighted by molar-refractivity contribution is 5.71. The summed E-state index contributed by atoms with van der Waals surface area (Å²) in [6.45, 7) is 0. The second-order valence-electron chi connectivity index (χ2n) is 3.97. The fraction of sp³-hybridized carbons (Fsp3) is 0.133. The average molecular weight is 259 g/mol. The average Bonchev–Trinajstić information content (AvgIpc) is 2.42. The van der Waals surface area contributed by atoms with Crippen molar-refractivity contribution in [3.8, 4) is 22.9 Å². The van der Waals surface area contributed by atoms with Crippen LogP contribution >= 0.6 is 0 Å². The highest BCUT2D eigenvalue weighted by atomic mass is 19.2. The predicted octanol–water partition coefficient (Wildman–Crippen LogP) is 3.71. The first-order valence-corrected chi connectivity index (χ1v) is 5.65. The van der Waals surface area contributed by atoms with Gasteiger partial charge >= 0.3 is 0 Å². The molecular formula is C15H11F2NO. The van der Waals surface area contributed by atoms with Gasteiger partial charge in [-0.25, -0.2) is 8.78 Å². The van der Waals surface area contributed by atoms with Crippen LogP contribution in [0.15, 0.2) is 36.4 Å². The smallest absolute Gasteiger partial charge is 0.166 e. The zero-order chi connectivity index (χ0) is 13.8. The van der Waals surface area contributed by atoms with Gasteiger partial charge in [0.05, 0.1) is 19.6 Å². The molecule has 0 aliphatic heterocycles. The maximum absolute atomic E-state index is 13.8. The third-order valence-electron chi connectivity index (χ3n) is 2.79. The van der Waals surface area contributed by atoms with Crippen LogP contribution in [-0.2, 0) is 6.42 Å².